The number of anilines is 1. The number of carbonyl (C=O) groups excluding carboxylic acids is 2. The van der Waals surface area contributed by atoms with Crippen LogP contribution in [-0.2, 0) is 4.79 Å². The molecule has 0 unspecified atom stereocenters. The van der Waals surface area contributed by atoms with Gasteiger partial charge in [0, 0.05) is 24.1 Å². The summed E-state index contributed by atoms with van der Waals surface area (Å²) in [6.45, 7) is 2.52. The van der Waals surface area contributed by atoms with Gasteiger partial charge in [-0.2, -0.15) is 0 Å². The first-order chi connectivity index (χ1) is 12.7. The van der Waals surface area contributed by atoms with Crippen molar-refractivity contribution in [2.75, 3.05) is 11.9 Å². The van der Waals surface area contributed by atoms with Crippen molar-refractivity contribution in [1.29, 1.82) is 0 Å². The molecule has 3 aromatic carbocycles. The second-order valence-electron chi connectivity index (χ2n) is 5.99. The zero-order chi connectivity index (χ0) is 18.4. The fourth-order valence-corrected chi connectivity index (χ4v) is 2.76. The van der Waals surface area contributed by atoms with Gasteiger partial charge in [-0.05, 0) is 48.0 Å². The Morgan fingerprint density at radius 2 is 1.62 bits per heavy atom. The van der Waals surface area contributed by atoms with Crippen LogP contribution in [0.1, 0.15) is 30.1 Å². The van der Waals surface area contributed by atoms with E-state index in [1.165, 1.54) is 0 Å². The zero-order valence-electron chi connectivity index (χ0n) is 14.7. The normalized spacial score (nSPS) is 10.5. The van der Waals surface area contributed by atoms with Crippen molar-refractivity contribution in [3.05, 3.63) is 72.3 Å². The highest BCUT2D eigenvalue weighted by atomic mass is 16.5. The minimum atomic E-state index is -0.178. The largest absolute Gasteiger partial charge is 0.494 e. The summed E-state index contributed by atoms with van der Waals surface area (Å²) in [5, 5.41) is 4.92. The molecule has 0 aliphatic rings. The third-order valence-electron chi connectivity index (χ3n) is 4.10. The van der Waals surface area contributed by atoms with E-state index < -0.39 is 0 Å². The van der Waals surface area contributed by atoms with Crippen molar-refractivity contribution in [3.63, 3.8) is 0 Å². The average molecular weight is 347 g/mol. The number of ketones is 1. The molecule has 0 spiro atoms. The number of amides is 1. The topological polar surface area (TPSA) is 55.4 Å². The molecule has 4 heteroatoms. The minimum Gasteiger partial charge on any atom is -0.494 e. The van der Waals surface area contributed by atoms with E-state index in [1.807, 2.05) is 49.4 Å². The van der Waals surface area contributed by atoms with E-state index in [9.17, 15) is 9.59 Å². The van der Waals surface area contributed by atoms with Crippen LogP contribution < -0.4 is 10.1 Å². The SMILES string of the molecule is CCOc1ccc(NC(=O)CCC(=O)c2ccc3ccccc3c2)cc1. The van der Waals surface area contributed by atoms with Gasteiger partial charge in [-0.1, -0.05) is 36.4 Å². The molecule has 0 saturated heterocycles. The van der Waals surface area contributed by atoms with Crippen molar-refractivity contribution in [2.24, 2.45) is 0 Å². The quantitative estimate of drug-likeness (QED) is 0.622. The number of Topliss-reactive ketones (excluding diaryl/α,β-unsaturated/α-hetero) is 1. The molecule has 3 rings (SSSR count). The zero-order valence-corrected chi connectivity index (χ0v) is 14.7. The Bertz CT molecular complexity index is 916. The molecule has 1 N–H and O–H groups in total. The van der Waals surface area contributed by atoms with Crippen molar-refractivity contribution < 1.29 is 14.3 Å². The van der Waals surface area contributed by atoms with Crippen molar-refractivity contribution in [3.8, 4) is 5.75 Å². The number of ether oxygens (including phenoxy) is 1. The average Bonchev–Trinajstić information content (AvgIpc) is 2.67. The second-order valence-corrected chi connectivity index (χ2v) is 5.99. The van der Waals surface area contributed by atoms with E-state index >= 15 is 0 Å². The summed E-state index contributed by atoms with van der Waals surface area (Å²) in [6, 6.07) is 20.7. The molecule has 0 bridgehead atoms. The summed E-state index contributed by atoms with van der Waals surface area (Å²) >= 11 is 0. The van der Waals surface area contributed by atoms with Gasteiger partial charge in [0.15, 0.2) is 5.78 Å². The lowest BCUT2D eigenvalue weighted by Crippen LogP contribution is -2.13. The molecule has 0 saturated carbocycles. The fourth-order valence-electron chi connectivity index (χ4n) is 2.76. The summed E-state index contributed by atoms with van der Waals surface area (Å²) in [4.78, 5) is 24.4. The van der Waals surface area contributed by atoms with Crippen LogP contribution in [0.2, 0.25) is 0 Å². The minimum absolute atomic E-state index is 0.0300. The number of hydrogen-bond acceptors (Lipinski definition) is 3. The van der Waals surface area contributed by atoms with E-state index in [0.29, 0.717) is 17.9 Å². The van der Waals surface area contributed by atoms with Gasteiger partial charge < -0.3 is 10.1 Å². The highest BCUT2D eigenvalue weighted by molar-refractivity contribution is 6.02. The molecule has 0 radical (unpaired) electrons. The molecular weight excluding hydrogens is 326 g/mol. The van der Waals surface area contributed by atoms with Crippen molar-refractivity contribution >= 4 is 28.2 Å². The molecule has 0 aliphatic carbocycles. The first kappa shape index (κ1) is 17.7. The third-order valence-corrected chi connectivity index (χ3v) is 4.10. The summed E-state index contributed by atoms with van der Waals surface area (Å²) < 4.78 is 5.37. The van der Waals surface area contributed by atoms with Crippen LogP contribution in [0.5, 0.6) is 5.75 Å². The standard InChI is InChI=1S/C22H21NO3/c1-2-26-20-11-9-19(10-12-20)23-22(25)14-13-21(24)18-8-7-16-5-3-4-6-17(16)15-18/h3-12,15H,2,13-14H2,1H3,(H,23,25). The molecule has 1 amide bonds. The molecule has 132 valence electrons. The lowest BCUT2D eigenvalue weighted by Gasteiger charge is -2.07. The fraction of sp³-hybridized carbons (Fsp3) is 0.182. The van der Waals surface area contributed by atoms with Crippen LogP contribution in [-0.4, -0.2) is 18.3 Å². The molecule has 0 heterocycles. The number of benzene rings is 3. The predicted molar refractivity (Wildman–Crippen MR) is 104 cm³/mol. The molecular formula is C22H21NO3. The van der Waals surface area contributed by atoms with Crippen LogP contribution in [0, 0.1) is 0 Å². The summed E-state index contributed by atoms with van der Waals surface area (Å²) in [5.74, 6) is 0.554. The number of hydrogen-bond donors (Lipinski definition) is 1. The molecule has 0 aliphatic heterocycles. The smallest absolute Gasteiger partial charge is 0.224 e. The van der Waals surface area contributed by atoms with Crippen LogP contribution in [0.15, 0.2) is 66.7 Å². The first-order valence-electron chi connectivity index (χ1n) is 8.70. The number of carbonyl (C=O) groups is 2. The monoisotopic (exact) mass is 347 g/mol. The van der Waals surface area contributed by atoms with Gasteiger partial charge in [0.05, 0.1) is 6.61 Å². The van der Waals surface area contributed by atoms with Crippen LogP contribution in [0.25, 0.3) is 10.8 Å². The van der Waals surface area contributed by atoms with Gasteiger partial charge in [-0.3, -0.25) is 9.59 Å². The molecule has 0 fully saturated rings. The second kappa shape index (κ2) is 8.30. The Labute approximate surface area is 152 Å². The number of rotatable bonds is 7. The van der Waals surface area contributed by atoms with Crippen LogP contribution in [0.4, 0.5) is 5.69 Å². The van der Waals surface area contributed by atoms with E-state index in [4.69, 9.17) is 4.74 Å². The van der Waals surface area contributed by atoms with E-state index in [0.717, 1.165) is 16.5 Å². The van der Waals surface area contributed by atoms with Gasteiger partial charge in [0.2, 0.25) is 5.91 Å². The van der Waals surface area contributed by atoms with Gasteiger partial charge in [-0.25, -0.2) is 0 Å². The Balaban J connectivity index is 1.55. The van der Waals surface area contributed by atoms with Gasteiger partial charge in [0.1, 0.15) is 5.75 Å². The molecule has 4 nitrogen and oxygen atoms in total. The highest BCUT2D eigenvalue weighted by Gasteiger charge is 2.10. The Hall–Kier alpha value is -3.14. The van der Waals surface area contributed by atoms with Gasteiger partial charge >= 0.3 is 0 Å². The molecule has 3 aromatic rings. The number of fused-ring (bicyclic) bond motifs is 1. The highest BCUT2D eigenvalue weighted by Crippen LogP contribution is 2.18. The Morgan fingerprint density at radius 3 is 2.35 bits per heavy atom. The van der Waals surface area contributed by atoms with Crippen molar-refractivity contribution in [2.45, 2.75) is 19.8 Å². The Morgan fingerprint density at radius 1 is 0.885 bits per heavy atom. The molecule has 0 atom stereocenters. The van der Waals surface area contributed by atoms with Gasteiger partial charge in [-0.15, -0.1) is 0 Å². The Kier molecular flexibility index (Phi) is 5.64. The van der Waals surface area contributed by atoms with Crippen LogP contribution >= 0.6 is 0 Å². The summed E-state index contributed by atoms with van der Waals surface area (Å²) in [5.41, 5.74) is 1.33. The lowest BCUT2D eigenvalue weighted by atomic mass is 10.0. The maximum absolute atomic E-state index is 12.4. The van der Waals surface area contributed by atoms with Crippen LogP contribution in [0.3, 0.4) is 0 Å². The number of nitrogens with one attached hydrogen (secondary N) is 1. The predicted octanol–water partition coefficient (Wildman–Crippen LogP) is 4.84. The summed E-state index contributed by atoms with van der Waals surface area (Å²) in [7, 11) is 0. The molecule has 26 heavy (non-hydrogen) atoms. The maximum atomic E-state index is 12.4. The third kappa shape index (κ3) is 4.48. The van der Waals surface area contributed by atoms with Crippen molar-refractivity contribution in [1.82, 2.24) is 0 Å². The van der Waals surface area contributed by atoms with E-state index in [1.54, 1.807) is 24.3 Å². The lowest BCUT2D eigenvalue weighted by molar-refractivity contribution is -0.116. The van der Waals surface area contributed by atoms with Gasteiger partial charge in [0.25, 0.3) is 0 Å². The molecule has 0 aromatic heterocycles. The van der Waals surface area contributed by atoms with E-state index in [-0.39, 0.29) is 24.5 Å². The summed E-state index contributed by atoms with van der Waals surface area (Å²) in [6.07, 6.45) is 0.333. The van der Waals surface area contributed by atoms with E-state index in [2.05, 4.69) is 5.32 Å². The first-order valence-corrected chi connectivity index (χ1v) is 8.70. The maximum Gasteiger partial charge on any atom is 0.224 e.